The lowest BCUT2D eigenvalue weighted by Crippen LogP contribution is -2.45. The Kier molecular flexibility index (Phi) is 4.60. The minimum Gasteiger partial charge on any atom is -0.388 e. The standard InChI is InChI=1S/C15H19NOS3/c1-18-13-8-4-5-9-15(13,17)10-19-14-16-11-6-2-3-7-12(11)20-14/h2-3,6-7,13,17H,4-5,8-10H2,1H3. The van der Waals surface area contributed by atoms with E-state index in [-0.39, 0.29) is 0 Å². The summed E-state index contributed by atoms with van der Waals surface area (Å²) in [5.74, 6) is 0.762. The van der Waals surface area contributed by atoms with Gasteiger partial charge in [0, 0.05) is 11.0 Å². The van der Waals surface area contributed by atoms with E-state index < -0.39 is 5.60 Å². The average molecular weight is 326 g/mol. The monoisotopic (exact) mass is 325 g/mol. The van der Waals surface area contributed by atoms with Crippen LogP contribution in [0.1, 0.15) is 25.7 Å². The summed E-state index contributed by atoms with van der Waals surface area (Å²) in [6, 6.07) is 8.23. The van der Waals surface area contributed by atoms with Crippen molar-refractivity contribution >= 4 is 45.1 Å². The molecule has 1 aromatic heterocycles. The minimum atomic E-state index is -0.528. The van der Waals surface area contributed by atoms with Crippen molar-refractivity contribution in [2.24, 2.45) is 0 Å². The van der Waals surface area contributed by atoms with E-state index in [0.29, 0.717) is 5.25 Å². The number of hydrogen-bond acceptors (Lipinski definition) is 5. The van der Waals surface area contributed by atoms with E-state index in [2.05, 4.69) is 23.4 Å². The maximum Gasteiger partial charge on any atom is 0.151 e. The van der Waals surface area contributed by atoms with Crippen LogP contribution in [0.5, 0.6) is 0 Å². The van der Waals surface area contributed by atoms with Gasteiger partial charge >= 0.3 is 0 Å². The van der Waals surface area contributed by atoms with E-state index in [1.165, 1.54) is 11.1 Å². The van der Waals surface area contributed by atoms with E-state index in [1.807, 2.05) is 23.9 Å². The first kappa shape index (κ1) is 14.7. The van der Waals surface area contributed by atoms with E-state index in [1.54, 1.807) is 23.1 Å². The average Bonchev–Trinajstić information content (AvgIpc) is 2.89. The van der Waals surface area contributed by atoms with Gasteiger partial charge < -0.3 is 5.11 Å². The maximum absolute atomic E-state index is 10.9. The van der Waals surface area contributed by atoms with Crippen LogP contribution in [0.15, 0.2) is 28.6 Å². The second-order valence-electron chi connectivity index (χ2n) is 5.31. The topological polar surface area (TPSA) is 33.1 Å². The van der Waals surface area contributed by atoms with Crippen LogP contribution in [-0.4, -0.2) is 33.0 Å². The van der Waals surface area contributed by atoms with E-state index in [0.717, 1.165) is 34.9 Å². The number of para-hydroxylation sites is 1. The lowest BCUT2D eigenvalue weighted by atomic mass is 9.86. The molecular weight excluding hydrogens is 306 g/mol. The Hall–Kier alpha value is -0.230. The molecule has 1 N–H and O–H groups in total. The van der Waals surface area contributed by atoms with Crippen LogP contribution in [0.2, 0.25) is 0 Å². The first-order chi connectivity index (χ1) is 9.71. The molecule has 1 aromatic carbocycles. The Bertz CT molecular complexity index is 552. The van der Waals surface area contributed by atoms with Crippen molar-refractivity contribution in [2.75, 3.05) is 12.0 Å². The van der Waals surface area contributed by atoms with Crippen molar-refractivity contribution in [3.05, 3.63) is 24.3 Å². The highest BCUT2D eigenvalue weighted by Crippen LogP contribution is 2.40. The Labute approximate surface area is 132 Å². The number of hydrogen-bond donors (Lipinski definition) is 1. The molecule has 1 fully saturated rings. The number of thiazole rings is 1. The first-order valence-corrected chi connectivity index (χ1v) is 10.0. The van der Waals surface area contributed by atoms with E-state index in [4.69, 9.17) is 0 Å². The largest absolute Gasteiger partial charge is 0.388 e. The third kappa shape index (κ3) is 3.01. The number of fused-ring (bicyclic) bond motifs is 1. The molecule has 0 spiro atoms. The summed E-state index contributed by atoms with van der Waals surface area (Å²) in [4.78, 5) is 4.64. The van der Waals surface area contributed by atoms with Crippen molar-refractivity contribution in [1.29, 1.82) is 0 Å². The number of aromatic nitrogens is 1. The van der Waals surface area contributed by atoms with E-state index >= 15 is 0 Å². The van der Waals surface area contributed by atoms with Gasteiger partial charge in [0.25, 0.3) is 0 Å². The Morgan fingerprint density at radius 3 is 3.05 bits per heavy atom. The lowest BCUT2D eigenvalue weighted by Gasteiger charge is -2.38. The Morgan fingerprint density at radius 2 is 2.25 bits per heavy atom. The zero-order valence-corrected chi connectivity index (χ0v) is 14.0. The molecule has 108 valence electrons. The third-order valence-corrected chi connectivity index (χ3v) is 7.59. The number of nitrogens with zero attached hydrogens (tertiary/aromatic N) is 1. The van der Waals surface area contributed by atoms with Crippen LogP contribution < -0.4 is 0 Å². The first-order valence-electron chi connectivity index (χ1n) is 6.95. The summed E-state index contributed by atoms with van der Waals surface area (Å²) in [6.45, 7) is 0. The molecule has 0 aliphatic heterocycles. The molecule has 2 atom stereocenters. The molecule has 5 heteroatoms. The molecule has 0 saturated heterocycles. The number of aliphatic hydroxyl groups is 1. The Morgan fingerprint density at radius 1 is 1.40 bits per heavy atom. The van der Waals surface area contributed by atoms with Gasteiger partial charge in [-0.25, -0.2) is 4.98 Å². The fourth-order valence-corrected chi connectivity index (χ4v) is 6.20. The number of rotatable bonds is 4. The van der Waals surface area contributed by atoms with Gasteiger partial charge in [-0.15, -0.1) is 11.3 Å². The molecule has 0 amide bonds. The van der Waals surface area contributed by atoms with E-state index in [9.17, 15) is 5.11 Å². The second-order valence-corrected chi connectivity index (χ2v) is 8.60. The van der Waals surface area contributed by atoms with Crippen molar-refractivity contribution in [2.45, 2.75) is 40.9 Å². The van der Waals surface area contributed by atoms with Crippen molar-refractivity contribution in [3.63, 3.8) is 0 Å². The molecule has 1 aliphatic rings. The highest BCUT2D eigenvalue weighted by molar-refractivity contribution is 8.01. The van der Waals surface area contributed by atoms with Crippen LogP contribution in [0.3, 0.4) is 0 Å². The van der Waals surface area contributed by atoms with Crippen molar-refractivity contribution in [1.82, 2.24) is 4.98 Å². The smallest absolute Gasteiger partial charge is 0.151 e. The summed E-state index contributed by atoms with van der Waals surface area (Å²) in [6.07, 6.45) is 6.57. The highest BCUT2D eigenvalue weighted by Gasteiger charge is 2.38. The zero-order valence-electron chi connectivity index (χ0n) is 11.5. The molecule has 2 aromatic rings. The van der Waals surface area contributed by atoms with Gasteiger partial charge in [-0.2, -0.15) is 11.8 Å². The van der Waals surface area contributed by atoms with Gasteiger partial charge in [-0.3, -0.25) is 0 Å². The predicted octanol–water partition coefficient (Wildman–Crippen LogP) is 4.43. The fraction of sp³-hybridized carbons (Fsp3) is 0.533. The third-order valence-electron chi connectivity index (χ3n) is 3.93. The molecule has 2 unspecified atom stereocenters. The quantitative estimate of drug-likeness (QED) is 0.843. The van der Waals surface area contributed by atoms with Crippen molar-refractivity contribution in [3.8, 4) is 0 Å². The SMILES string of the molecule is CSC1CCCCC1(O)CSc1nc2ccccc2s1. The molecular formula is C15H19NOS3. The molecule has 1 aliphatic carbocycles. The molecule has 1 saturated carbocycles. The predicted molar refractivity (Wildman–Crippen MR) is 91.1 cm³/mol. The molecule has 2 nitrogen and oxygen atoms in total. The second kappa shape index (κ2) is 6.26. The van der Waals surface area contributed by atoms with Crippen LogP contribution in [0, 0.1) is 0 Å². The highest BCUT2D eigenvalue weighted by atomic mass is 32.2. The van der Waals surface area contributed by atoms with Gasteiger partial charge in [0.1, 0.15) is 0 Å². The van der Waals surface area contributed by atoms with Crippen LogP contribution in [0.4, 0.5) is 0 Å². The molecule has 0 bridgehead atoms. The molecule has 0 radical (unpaired) electrons. The van der Waals surface area contributed by atoms with Crippen LogP contribution >= 0.6 is 34.9 Å². The number of thioether (sulfide) groups is 2. The minimum absolute atomic E-state index is 0.373. The van der Waals surface area contributed by atoms with Gasteiger partial charge in [0.15, 0.2) is 4.34 Å². The van der Waals surface area contributed by atoms with Crippen LogP contribution in [0.25, 0.3) is 10.2 Å². The maximum atomic E-state index is 10.9. The van der Waals surface area contributed by atoms with Crippen molar-refractivity contribution < 1.29 is 5.11 Å². The Balaban J connectivity index is 1.71. The van der Waals surface area contributed by atoms with Crippen LogP contribution in [-0.2, 0) is 0 Å². The summed E-state index contributed by atoms with van der Waals surface area (Å²) in [7, 11) is 0. The zero-order chi connectivity index (χ0) is 14.0. The van der Waals surface area contributed by atoms with Gasteiger partial charge in [0.2, 0.25) is 0 Å². The number of benzene rings is 1. The normalized spacial score (nSPS) is 27.0. The fourth-order valence-electron chi connectivity index (χ4n) is 2.79. The van der Waals surface area contributed by atoms with Gasteiger partial charge in [-0.05, 0) is 31.2 Å². The summed E-state index contributed by atoms with van der Waals surface area (Å²) in [5.41, 5.74) is 0.539. The molecule has 20 heavy (non-hydrogen) atoms. The molecule has 1 heterocycles. The molecule has 3 rings (SSSR count). The lowest BCUT2D eigenvalue weighted by molar-refractivity contribution is 0.0341. The van der Waals surface area contributed by atoms with Gasteiger partial charge in [-0.1, -0.05) is 36.7 Å². The summed E-state index contributed by atoms with van der Waals surface area (Å²) >= 11 is 5.25. The summed E-state index contributed by atoms with van der Waals surface area (Å²) in [5, 5.41) is 11.3. The van der Waals surface area contributed by atoms with Gasteiger partial charge in [0.05, 0.1) is 15.8 Å². The summed E-state index contributed by atoms with van der Waals surface area (Å²) < 4.78 is 2.30.